The molecule has 16 heavy (non-hydrogen) atoms. The maximum atomic E-state index is 11.4. The largest absolute Gasteiger partial charge is 0.384 e. The summed E-state index contributed by atoms with van der Waals surface area (Å²) in [6, 6.07) is 3.39. The van der Waals surface area contributed by atoms with Crippen molar-refractivity contribution in [1.29, 1.82) is 5.26 Å². The highest BCUT2D eigenvalue weighted by atomic mass is 32.2. The number of aromatic nitrogens is 2. The number of hydrogen-bond acceptors (Lipinski definition) is 5. The zero-order valence-corrected chi connectivity index (χ0v) is 9.57. The maximum absolute atomic E-state index is 11.4. The van der Waals surface area contributed by atoms with Gasteiger partial charge < -0.3 is 4.74 Å². The molecule has 0 saturated heterocycles. The average Bonchev–Trinajstić information content (AvgIpc) is 2.62. The first-order valence-electron chi connectivity index (χ1n) is 4.47. The fraction of sp³-hybridized carbons (Fsp3) is 0.500. The van der Waals surface area contributed by atoms with Crippen LogP contribution < -0.4 is 4.72 Å². The summed E-state index contributed by atoms with van der Waals surface area (Å²) in [7, 11) is -2.00. The van der Waals surface area contributed by atoms with Gasteiger partial charge >= 0.3 is 0 Å². The van der Waals surface area contributed by atoms with Gasteiger partial charge in [-0.3, -0.25) is 9.40 Å². The minimum Gasteiger partial charge on any atom is -0.384 e. The molecule has 0 fully saturated rings. The van der Waals surface area contributed by atoms with E-state index in [1.807, 2.05) is 6.07 Å². The monoisotopic (exact) mass is 244 g/mol. The van der Waals surface area contributed by atoms with Crippen LogP contribution in [0.2, 0.25) is 0 Å². The van der Waals surface area contributed by atoms with Gasteiger partial charge in [-0.1, -0.05) is 0 Å². The molecule has 0 saturated carbocycles. The molecular weight excluding hydrogens is 232 g/mol. The summed E-state index contributed by atoms with van der Waals surface area (Å²) in [5.41, 5.74) is 0. The van der Waals surface area contributed by atoms with Gasteiger partial charge in [-0.05, 0) is 0 Å². The first kappa shape index (κ1) is 12.5. The second-order valence-corrected chi connectivity index (χ2v) is 4.81. The summed E-state index contributed by atoms with van der Waals surface area (Å²) in [6.45, 7) is 0.202. The Bertz CT molecular complexity index is 474. The van der Waals surface area contributed by atoms with Crippen LogP contribution in [-0.4, -0.2) is 37.7 Å². The summed E-state index contributed by atoms with van der Waals surface area (Å²) in [5.74, 6) is 0.0700. The van der Waals surface area contributed by atoms with E-state index in [1.165, 1.54) is 24.1 Å². The van der Waals surface area contributed by atoms with E-state index in [4.69, 9.17) is 5.26 Å². The van der Waals surface area contributed by atoms with Crippen molar-refractivity contribution in [2.24, 2.45) is 0 Å². The fourth-order valence-corrected chi connectivity index (χ4v) is 1.90. The molecule has 0 spiro atoms. The third-order valence-electron chi connectivity index (χ3n) is 1.69. The number of anilines is 1. The normalized spacial score (nSPS) is 11.0. The fourth-order valence-electron chi connectivity index (χ4n) is 0.980. The number of sulfonamides is 1. The minimum atomic E-state index is -3.43. The van der Waals surface area contributed by atoms with E-state index < -0.39 is 10.0 Å². The number of hydrogen-bond donors (Lipinski definition) is 1. The van der Waals surface area contributed by atoms with Crippen LogP contribution >= 0.6 is 0 Å². The lowest BCUT2D eigenvalue weighted by Gasteiger charge is -2.03. The van der Waals surface area contributed by atoms with E-state index in [0.717, 1.165) is 0 Å². The smallest absolute Gasteiger partial charge is 0.236 e. The number of rotatable bonds is 6. The molecule has 1 aromatic heterocycles. The Morgan fingerprint density at radius 3 is 3.06 bits per heavy atom. The van der Waals surface area contributed by atoms with Crippen LogP contribution in [-0.2, 0) is 21.3 Å². The highest BCUT2D eigenvalue weighted by molar-refractivity contribution is 7.92. The molecule has 0 aromatic carbocycles. The number of methoxy groups -OCH3 is 1. The van der Waals surface area contributed by atoms with E-state index in [1.54, 1.807) is 0 Å². The molecular formula is C8H12N4O3S. The molecule has 0 aliphatic rings. The van der Waals surface area contributed by atoms with E-state index in [0.29, 0.717) is 0 Å². The van der Waals surface area contributed by atoms with Gasteiger partial charge in [-0.15, -0.1) is 0 Å². The molecule has 0 amide bonds. The Morgan fingerprint density at radius 2 is 2.44 bits per heavy atom. The molecule has 0 aliphatic heterocycles. The second-order valence-electron chi connectivity index (χ2n) is 2.97. The molecule has 0 atom stereocenters. The average molecular weight is 244 g/mol. The standard InChI is InChI=1S/C8H12N4O3S/c1-15-6-7-16(13,14)11-8-2-4-12(10-8)5-3-9/h2,4H,5-7H2,1H3,(H,10,11). The summed E-state index contributed by atoms with van der Waals surface area (Å²) < 4.78 is 31.1. The van der Waals surface area contributed by atoms with Gasteiger partial charge in [-0.25, -0.2) is 8.42 Å². The van der Waals surface area contributed by atoms with Gasteiger partial charge in [-0.2, -0.15) is 10.4 Å². The van der Waals surface area contributed by atoms with Crippen molar-refractivity contribution in [1.82, 2.24) is 9.78 Å². The predicted molar refractivity (Wildman–Crippen MR) is 57.1 cm³/mol. The number of nitrogens with one attached hydrogen (secondary N) is 1. The zero-order chi connectivity index (χ0) is 12.0. The SMILES string of the molecule is COCCS(=O)(=O)Nc1ccn(CC#N)n1. The molecule has 7 nitrogen and oxygen atoms in total. The van der Waals surface area contributed by atoms with Crippen LogP contribution in [0.15, 0.2) is 12.3 Å². The van der Waals surface area contributed by atoms with Crippen LogP contribution in [0, 0.1) is 11.3 Å². The molecule has 0 aliphatic carbocycles. The molecule has 1 rings (SSSR count). The summed E-state index contributed by atoms with van der Waals surface area (Å²) in [4.78, 5) is 0. The topological polar surface area (TPSA) is 97.0 Å². The van der Waals surface area contributed by atoms with Crippen molar-refractivity contribution >= 4 is 15.8 Å². The maximum Gasteiger partial charge on any atom is 0.236 e. The molecule has 88 valence electrons. The van der Waals surface area contributed by atoms with Crippen molar-refractivity contribution in [2.45, 2.75) is 6.54 Å². The van der Waals surface area contributed by atoms with Crippen LogP contribution in [0.1, 0.15) is 0 Å². The molecule has 1 aromatic rings. The third kappa shape index (κ3) is 3.88. The van der Waals surface area contributed by atoms with Gasteiger partial charge in [0, 0.05) is 19.4 Å². The Balaban J connectivity index is 2.62. The molecule has 8 heteroatoms. The minimum absolute atomic E-state index is 0.0831. The highest BCUT2D eigenvalue weighted by Gasteiger charge is 2.11. The highest BCUT2D eigenvalue weighted by Crippen LogP contribution is 2.05. The van der Waals surface area contributed by atoms with Gasteiger partial charge in [0.15, 0.2) is 5.82 Å². The van der Waals surface area contributed by atoms with E-state index >= 15 is 0 Å². The Kier molecular flexibility index (Phi) is 4.28. The van der Waals surface area contributed by atoms with Crippen molar-refractivity contribution in [3.63, 3.8) is 0 Å². The lowest BCUT2D eigenvalue weighted by Crippen LogP contribution is -2.20. The number of ether oxygens (including phenoxy) is 1. The Morgan fingerprint density at radius 1 is 1.69 bits per heavy atom. The van der Waals surface area contributed by atoms with Crippen LogP contribution in [0.3, 0.4) is 0 Å². The Hall–Kier alpha value is -1.59. The first-order valence-corrected chi connectivity index (χ1v) is 6.12. The van der Waals surface area contributed by atoms with Crippen LogP contribution in [0.4, 0.5) is 5.82 Å². The lowest BCUT2D eigenvalue weighted by molar-refractivity contribution is 0.217. The quantitative estimate of drug-likeness (QED) is 0.747. The van der Waals surface area contributed by atoms with Crippen LogP contribution in [0.5, 0.6) is 0 Å². The van der Waals surface area contributed by atoms with Gasteiger partial charge in [0.05, 0.1) is 18.4 Å². The Labute approximate surface area is 93.7 Å². The van der Waals surface area contributed by atoms with Gasteiger partial charge in [0.2, 0.25) is 10.0 Å². The van der Waals surface area contributed by atoms with Crippen molar-refractivity contribution in [2.75, 3.05) is 24.2 Å². The summed E-state index contributed by atoms with van der Waals surface area (Å²) in [5, 5.41) is 12.3. The molecule has 0 unspecified atom stereocenters. The van der Waals surface area contributed by atoms with Gasteiger partial charge in [0.1, 0.15) is 6.54 Å². The van der Waals surface area contributed by atoms with Crippen molar-refractivity contribution in [3.05, 3.63) is 12.3 Å². The predicted octanol–water partition coefficient (Wildman–Crippen LogP) is -0.205. The van der Waals surface area contributed by atoms with Crippen molar-refractivity contribution < 1.29 is 13.2 Å². The lowest BCUT2D eigenvalue weighted by atomic mass is 10.6. The summed E-state index contributed by atoms with van der Waals surface area (Å²) >= 11 is 0. The van der Waals surface area contributed by atoms with E-state index in [9.17, 15) is 8.42 Å². The molecule has 0 radical (unpaired) electrons. The third-order valence-corrected chi connectivity index (χ3v) is 2.91. The zero-order valence-electron chi connectivity index (χ0n) is 8.75. The molecule has 1 N–H and O–H groups in total. The molecule has 1 heterocycles. The first-order chi connectivity index (χ1) is 7.57. The summed E-state index contributed by atoms with van der Waals surface area (Å²) in [6.07, 6.45) is 1.53. The number of nitriles is 1. The van der Waals surface area contributed by atoms with E-state index in [2.05, 4.69) is 14.6 Å². The van der Waals surface area contributed by atoms with E-state index in [-0.39, 0.29) is 24.7 Å². The van der Waals surface area contributed by atoms with Crippen LogP contribution in [0.25, 0.3) is 0 Å². The van der Waals surface area contributed by atoms with Gasteiger partial charge in [0.25, 0.3) is 0 Å². The molecule has 0 bridgehead atoms. The van der Waals surface area contributed by atoms with Crippen molar-refractivity contribution in [3.8, 4) is 6.07 Å². The number of nitrogens with zero attached hydrogens (tertiary/aromatic N) is 3. The second kappa shape index (κ2) is 5.48.